The first-order valence-corrected chi connectivity index (χ1v) is 8.65. The monoisotopic (exact) mass is 337 g/mol. The van der Waals surface area contributed by atoms with Gasteiger partial charge in [0, 0.05) is 23.9 Å². The van der Waals surface area contributed by atoms with Crippen LogP contribution in [0.5, 0.6) is 0 Å². The third-order valence-electron chi connectivity index (χ3n) is 3.77. The van der Waals surface area contributed by atoms with Crippen LogP contribution < -0.4 is 5.73 Å². The molecule has 1 aliphatic rings. The van der Waals surface area contributed by atoms with Crippen molar-refractivity contribution in [2.24, 2.45) is 5.73 Å². The highest BCUT2D eigenvalue weighted by Gasteiger charge is 2.27. The molecule has 3 heterocycles. The summed E-state index contributed by atoms with van der Waals surface area (Å²) >= 11 is 1.67. The molecule has 0 aliphatic carbocycles. The van der Waals surface area contributed by atoms with Crippen molar-refractivity contribution in [3.05, 3.63) is 27.8 Å². The Balaban J connectivity index is 1.64. The first kappa shape index (κ1) is 16.5. The molecule has 23 heavy (non-hydrogen) atoms. The van der Waals surface area contributed by atoms with E-state index in [1.165, 1.54) is 0 Å². The lowest BCUT2D eigenvalue weighted by atomic mass is 9.93. The van der Waals surface area contributed by atoms with Gasteiger partial charge in [-0.2, -0.15) is 4.98 Å². The molecule has 0 radical (unpaired) electrons. The quantitative estimate of drug-likeness (QED) is 0.910. The molecular formula is C15H23N5O2S. The van der Waals surface area contributed by atoms with Crippen molar-refractivity contribution in [3.8, 4) is 0 Å². The molecule has 0 saturated carbocycles. The highest BCUT2D eigenvalue weighted by atomic mass is 32.1. The van der Waals surface area contributed by atoms with Gasteiger partial charge in [0.2, 0.25) is 5.89 Å². The highest BCUT2D eigenvalue weighted by Crippen LogP contribution is 2.30. The number of nitrogens with two attached hydrogens (primary N) is 1. The molecule has 1 atom stereocenters. The minimum absolute atomic E-state index is 0.00531. The fourth-order valence-electron chi connectivity index (χ4n) is 2.41. The molecule has 0 amide bonds. The van der Waals surface area contributed by atoms with Gasteiger partial charge in [0.1, 0.15) is 11.1 Å². The topological polar surface area (TPSA) is 90.3 Å². The summed E-state index contributed by atoms with van der Waals surface area (Å²) in [5, 5.41) is 7.12. The molecule has 126 valence electrons. The van der Waals surface area contributed by atoms with Crippen LogP contribution in [0, 0.1) is 0 Å². The van der Waals surface area contributed by atoms with Gasteiger partial charge in [-0.25, -0.2) is 4.98 Å². The number of rotatable bonds is 4. The smallest absolute Gasteiger partial charge is 0.240 e. The average Bonchev–Trinajstić information content (AvgIpc) is 3.16. The van der Waals surface area contributed by atoms with Gasteiger partial charge in [0.05, 0.1) is 25.4 Å². The van der Waals surface area contributed by atoms with Crippen LogP contribution in [0.25, 0.3) is 0 Å². The number of aromatic nitrogens is 3. The number of morpholine rings is 1. The summed E-state index contributed by atoms with van der Waals surface area (Å²) in [6.45, 7) is 9.73. The second-order valence-corrected chi connectivity index (χ2v) is 7.61. The molecule has 2 N–H and O–H groups in total. The number of ether oxygens (including phenoxy) is 1. The fourth-order valence-corrected chi connectivity index (χ4v) is 3.50. The van der Waals surface area contributed by atoms with E-state index in [4.69, 9.17) is 20.0 Å². The Morgan fingerprint density at radius 2 is 2.22 bits per heavy atom. The van der Waals surface area contributed by atoms with Crippen molar-refractivity contribution in [1.29, 1.82) is 0 Å². The third-order valence-corrected chi connectivity index (χ3v) is 4.70. The summed E-state index contributed by atoms with van der Waals surface area (Å²) in [5.74, 6) is 1.14. The Labute approximate surface area is 139 Å². The maximum absolute atomic E-state index is 5.91. The third kappa shape index (κ3) is 3.95. The zero-order valence-electron chi connectivity index (χ0n) is 13.8. The van der Waals surface area contributed by atoms with Crippen LogP contribution in [-0.4, -0.2) is 39.7 Å². The van der Waals surface area contributed by atoms with Crippen LogP contribution >= 0.6 is 11.3 Å². The van der Waals surface area contributed by atoms with Crippen molar-refractivity contribution >= 4 is 11.3 Å². The van der Waals surface area contributed by atoms with E-state index < -0.39 is 0 Å². The number of nitrogens with zero attached hydrogens (tertiary/aromatic N) is 4. The van der Waals surface area contributed by atoms with Crippen LogP contribution in [0.15, 0.2) is 9.90 Å². The highest BCUT2D eigenvalue weighted by molar-refractivity contribution is 7.09. The van der Waals surface area contributed by atoms with Gasteiger partial charge in [0.15, 0.2) is 5.82 Å². The summed E-state index contributed by atoms with van der Waals surface area (Å²) in [6.07, 6.45) is 0.00531. The van der Waals surface area contributed by atoms with Gasteiger partial charge in [-0.1, -0.05) is 25.9 Å². The van der Waals surface area contributed by atoms with Crippen LogP contribution in [0.2, 0.25) is 0 Å². The lowest BCUT2D eigenvalue weighted by Gasteiger charge is -2.31. The second-order valence-electron chi connectivity index (χ2n) is 6.72. The van der Waals surface area contributed by atoms with Gasteiger partial charge < -0.3 is 15.0 Å². The minimum atomic E-state index is 0.00531. The number of hydrogen-bond acceptors (Lipinski definition) is 8. The number of thiazole rings is 1. The predicted octanol–water partition coefficient (Wildman–Crippen LogP) is 1.86. The summed E-state index contributed by atoms with van der Waals surface area (Å²) in [6, 6.07) is 0. The van der Waals surface area contributed by atoms with E-state index in [-0.39, 0.29) is 18.1 Å². The van der Waals surface area contributed by atoms with Crippen molar-refractivity contribution in [3.63, 3.8) is 0 Å². The van der Waals surface area contributed by atoms with Crippen molar-refractivity contribution < 1.29 is 9.26 Å². The molecular weight excluding hydrogens is 314 g/mol. The molecule has 0 aromatic carbocycles. The molecule has 0 bridgehead atoms. The van der Waals surface area contributed by atoms with Crippen LogP contribution in [0.4, 0.5) is 0 Å². The second kappa shape index (κ2) is 6.64. The molecule has 1 fully saturated rings. The molecule has 8 heteroatoms. The maximum Gasteiger partial charge on any atom is 0.240 e. The summed E-state index contributed by atoms with van der Waals surface area (Å²) in [4.78, 5) is 11.3. The SMILES string of the molecule is CC(C)(C)c1csc(C2CN(Cc3noc(CN)n3)CCO2)n1. The Hall–Kier alpha value is -1.35. The standard InChI is InChI=1S/C15H23N5O2S/c1-15(2,3)11-9-23-14(17-11)10-7-20(4-5-21-10)8-12-18-13(6-16)22-19-12/h9-10H,4-8,16H2,1-3H3. The van der Waals surface area contributed by atoms with Gasteiger partial charge in [0.25, 0.3) is 0 Å². The predicted molar refractivity (Wildman–Crippen MR) is 87.0 cm³/mol. The number of hydrogen-bond donors (Lipinski definition) is 1. The zero-order chi connectivity index (χ0) is 16.4. The normalized spacial score (nSPS) is 20.1. The molecule has 0 spiro atoms. The van der Waals surface area contributed by atoms with Crippen LogP contribution in [-0.2, 0) is 23.2 Å². The molecule has 2 aromatic rings. The molecule has 1 saturated heterocycles. The molecule has 1 aliphatic heterocycles. The summed E-state index contributed by atoms with van der Waals surface area (Å²) in [7, 11) is 0. The van der Waals surface area contributed by atoms with Crippen LogP contribution in [0.1, 0.15) is 49.3 Å². The molecule has 7 nitrogen and oxygen atoms in total. The van der Waals surface area contributed by atoms with E-state index in [1.54, 1.807) is 11.3 Å². The van der Waals surface area contributed by atoms with Gasteiger partial charge in [-0.05, 0) is 0 Å². The van der Waals surface area contributed by atoms with E-state index in [0.717, 1.165) is 23.8 Å². The fraction of sp³-hybridized carbons (Fsp3) is 0.667. The summed E-state index contributed by atoms with van der Waals surface area (Å²) in [5.41, 5.74) is 6.67. The average molecular weight is 337 g/mol. The first-order valence-electron chi connectivity index (χ1n) is 7.77. The van der Waals surface area contributed by atoms with E-state index in [1.807, 2.05) is 0 Å². The Morgan fingerprint density at radius 3 is 2.87 bits per heavy atom. The van der Waals surface area contributed by atoms with Crippen molar-refractivity contribution in [1.82, 2.24) is 20.0 Å². The molecule has 3 rings (SSSR count). The Kier molecular flexibility index (Phi) is 4.77. The lowest BCUT2D eigenvalue weighted by molar-refractivity contribution is -0.0340. The van der Waals surface area contributed by atoms with E-state index in [9.17, 15) is 0 Å². The van der Waals surface area contributed by atoms with E-state index in [0.29, 0.717) is 24.9 Å². The lowest BCUT2D eigenvalue weighted by Crippen LogP contribution is -2.38. The molecule has 1 unspecified atom stereocenters. The Bertz CT molecular complexity index is 648. The van der Waals surface area contributed by atoms with E-state index >= 15 is 0 Å². The zero-order valence-corrected chi connectivity index (χ0v) is 14.6. The molecule has 2 aromatic heterocycles. The largest absolute Gasteiger partial charge is 0.368 e. The van der Waals surface area contributed by atoms with Crippen molar-refractivity contribution in [2.45, 2.75) is 45.4 Å². The van der Waals surface area contributed by atoms with Crippen molar-refractivity contribution in [2.75, 3.05) is 19.7 Å². The Morgan fingerprint density at radius 1 is 1.39 bits per heavy atom. The van der Waals surface area contributed by atoms with E-state index in [2.05, 4.69) is 41.2 Å². The van der Waals surface area contributed by atoms with Gasteiger partial charge in [-0.3, -0.25) is 4.90 Å². The first-order chi connectivity index (χ1) is 11.0. The van der Waals surface area contributed by atoms with Crippen LogP contribution in [0.3, 0.4) is 0 Å². The van der Waals surface area contributed by atoms with Gasteiger partial charge >= 0.3 is 0 Å². The summed E-state index contributed by atoms with van der Waals surface area (Å²) < 4.78 is 11.0. The van der Waals surface area contributed by atoms with Gasteiger partial charge in [-0.15, -0.1) is 11.3 Å². The minimum Gasteiger partial charge on any atom is -0.368 e. The maximum atomic E-state index is 5.91.